The van der Waals surface area contributed by atoms with Gasteiger partial charge in [-0.05, 0) is 21.3 Å². The third-order valence-corrected chi connectivity index (χ3v) is 9.20. The van der Waals surface area contributed by atoms with E-state index in [9.17, 15) is 0 Å². The van der Waals surface area contributed by atoms with E-state index in [4.69, 9.17) is 0 Å². The molecule has 0 saturated heterocycles. The second-order valence-corrected chi connectivity index (χ2v) is 10.6. The van der Waals surface area contributed by atoms with Crippen molar-refractivity contribution in [3.63, 3.8) is 0 Å². The van der Waals surface area contributed by atoms with Crippen LogP contribution in [0.4, 0.5) is 0 Å². The van der Waals surface area contributed by atoms with Crippen molar-refractivity contribution in [1.82, 2.24) is 4.83 Å². The highest BCUT2D eigenvalue weighted by Gasteiger charge is 1.89. The van der Waals surface area contributed by atoms with E-state index in [1.807, 2.05) is 79.0 Å². The fourth-order valence-corrected chi connectivity index (χ4v) is 7.71. The molecule has 0 atom stereocenters. The molecule has 0 fully saturated rings. The van der Waals surface area contributed by atoms with Crippen LogP contribution >= 0.6 is 51.3 Å². The molecule has 1 rings (SSSR count). The van der Waals surface area contributed by atoms with Crippen LogP contribution in [-0.2, 0) is 0 Å². The van der Waals surface area contributed by atoms with Crippen LogP contribution in [0.2, 0.25) is 0 Å². The van der Waals surface area contributed by atoms with Crippen LogP contribution in [0.15, 0.2) is 89.5 Å². The lowest BCUT2D eigenvalue weighted by Crippen LogP contribution is -1.86. The second-order valence-electron chi connectivity index (χ2n) is 3.39. The molecule has 7 heteroatoms. The quantitative estimate of drug-likeness (QED) is 0.370. The van der Waals surface area contributed by atoms with Crippen molar-refractivity contribution >= 4 is 57.5 Å². The summed E-state index contributed by atoms with van der Waals surface area (Å²) >= 11 is 0. The zero-order valence-corrected chi connectivity index (χ0v) is 15.7. The first-order chi connectivity index (χ1) is 11.0. The van der Waals surface area contributed by atoms with E-state index in [1.54, 1.807) is 46.5 Å². The lowest BCUT2D eigenvalue weighted by molar-refractivity contribution is 1.14. The van der Waals surface area contributed by atoms with Gasteiger partial charge in [0.1, 0.15) is 0 Å². The molecule has 0 spiro atoms. The summed E-state index contributed by atoms with van der Waals surface area (Å²) in [6, 6.07) is 0. The molecule has 1 heterocycles. The van der Waals surface area contributed by atoms with Crippen LogP contribution in [0.3, 0.4) is 0 Å². The fraction of sp³-hybridized carbons (Fsp3) is 0. The third-order valence-electron chi connectivity index (χ3n) is 1.85. The predicted molar refractivity (Wildman–Crippen MR) is 114 cm³/mol. The molecule has 22 heavy (non-hydrogen) atoms. The maximum atomic E-state index is 4.04. The fourth-order valence-electron chi connectivity index (χ4n) is 1.01. The number of nitrogens with zero attached hydrogens (tertiary/aromatic N) is 1. The number of hydrazone groups is 1. The molecule has 0 aromatic rings. The summed E-state index contributed by atoms with van der Waals surface area (Å²) in [6.07, 6.45) is 27.5. The van der Waals surface area contributed by atoms with Gasteiger partial charge in [-0.25, -0.2) is 4.83 Å². The maximum absolute atomic E-state index is 4.04. The number of hydrogen-bond acceptors (Lipinski definition) is 7. The Morgan fingerprint density at radius 1 is 0.545 bits per heavy atom. The van der Waals surface area contributed by atoms with Crippen molar-refractivity contribution in [3.8, 4) is 0 Å². The monoisotopic (exact) mass is 384 g/mol. The van der Waals surface area contributed by atoms with Crippen molar-refractivity contribution in [2.24, 2.45) is 5.10 Å². The van der Waals surface area contributed by atoms with Crippen LogP contribution in [0.1, 0.15) is 0 Å². The number of hydrogen-bond donors (Lipinski definition) is 1. The van der Waals surface area contributed by atoms with Gasteiger partial charge in [-0.15, -0.1) is 0 Å². The summed E-state index contributed by atoms with van der Waals surface area (Å²) in [4.78, 5) is 2.89. The van der Waals surface area contributed by atoms with E-state index in [1.165, 1.54) is 11.0 Å². The van der Waals surface area contributed by atoms with Crippen LogP contribution in [0.5, 0.6) is 0 Å². The van der Waals surface area contributed by atoms with Crippen molar-refractivity contribution < 1.29 is 0 Å². The van der Waals surface area contributed by atoms with E-state index in [0.717, 1.165) is 0 Å². The van der Waals surface area contributed by atoms with E-state index in [0.29, 0.717) is 0 Å². The van der Waals surface area contributed by atoms with E-state index in [2.05, 4.69) is 15.3 Å². The van der Waals surface area contributed by atoms with Gasteiger partial charge in [-0.2, -0.15) is 5.10 Å². The minimum Gasteiger partial charge on any atom is -0.241 e. The Balaban J connectivity index is 2.46. The lowest BCUT2D eigenvalue weighted by atomic mass is 10.3. The highest BCUT2D eigenvalue weighted by Crippen LogP contribution is 2.47. The topological polar surface area (TPSA) is 24.4 Å². The predicted octanol–water partition coefficient (Wildman–Crippen LogP) is 6.67. The summed E-state index contributed by atoms with van der Waals surface area (Å²) in [7, 11) is 8.22. The Morgan fingerprint density at radius 2 is 1.09 bits per heavy atom. The van der Waals surface area contributed by atoms with Crippen molar-refractivity contribution in [3.05, 3.63) is 84.4 Å². The third kappa shape index (κ3) is 14.3. The first-order valence-corrected chi connectivity index (χ1v) is 12.5. The molecular formula is C15H16N2S5. The normalized spacial score (nSPS) is 29.5. The van der Waals surface area contributed by atoms with Gasteiger partial charge in [0, 0.05) is 36.8 Å². The van der Waals surface area contributed by atoms with E-state index >= 15 is 0 Å². The largest absolute Gasteiger partial charge is 0.241 e. The minimum absolute atomic E-state index is 1.49. The highest BCUT2D eigenvalue weighted by atomic mass is 33.8. The maximum Gasteiger partial charge on any atom is 0.0489 e. The standard InChI is InChI=1S/C15H16N2S5/c1-2-4-6-8-10-12-14-16-17-19-21-22-20-18-15-13-11-9-7-5-3-1/h1-15,17H/b3-1-,4-2-,7-5-,8-6-,11-9-,12-10-,15-13-,16-14-. The molecule has 0 aliphatic carbocycles. The van der Waals surface area contributed by atoms with Gasteiger partial charge in [0.2, 0.25) is 0 Å². The highest BCUT2D eigenvalue weighted by molar-refractivity contribution is 9.35. The Labute approximate surface area is 151 Å². The number of allylic oxidation sites excluding steroid dienone is 13. The zero-order chi connectivity index (χ0) is 15.6. The minimum atomic E-state index is 1.49. The van der Waals surface area contributed by atoms with Gasteiger partial charge in [0.25, 0.3) is 0 Å². The van der Waals surface area contributed by atoms with Crippen LogP contribution < -0.4 is 4.83 Å². The summed E-state index contributed by atoms with van der Waals surface area (Å²) < 4.78 is 0. The Kier molecular flexibility index (Phi) is 14.8. The molecule has 0 radical (unpaired) electrons. The average molecular weight is 385 g/mol. The smallest absolute Gasteiger partial charge is 0.0489 e. The molecular weight excluding hydrogens is 369 g/mol. The first kappa shape index (κ1) is 19.4. The lowest BCUT2D eigenvalue weighted by Gasteiger charge is -1.95. The van der Waals surface area contributed by atoms with Crippen LogP contribution in [0.25, 0.3) is 0 Å². The molecule has 1 aliphatic rings. The van der Waals surface area contributed by atoms with Gasteiger partial charge in [0.05, 0.1) is 0 Å². The van der Waals surface area contributed by atoms with Gasteiger partial charge in [0.15, 0.2) is 0 Å². The first-order valence-electron chi connectivity index (χ1n) is 6.25. The van der Waals surface area contributed by atoms with Crippen molar-refractivity contribution in [2.75, 3.05) is 0 Å². The van der Waals surface area contributed by atoms with Crippen LogP contribution in [-0.4, -0.2) is 6.21 Å². The van der Waals surface area contributed by atoms with Gasteiger partial charge >= 0.3 is 0 Å². The van der Waals surface area contributed by atoms with E-state index in [-0.39, 0.29) is 0 Å². The molecule has 116 valence electrons. The molecule has 0 aromatic heterocycles. The molecule has 1 aliphatic heterocycles. The summed E-state index contributed by atoms with van der Waals surface area (Å²) in [5.74, 6) is 0. The van der Waals surface area contributed by atoms with E-state index < -0.39 is 0 Å². The van der Waals surface area contributed by atoms with Gasteiger partial charge in [-0.3, -0.25) is 0 Å². The van der Waals surface area contributed by atoms with Gasteiger partial charge < -0.3 is 0 Å². The molecule has 1 N–H and O–H groups in total. The van der Waals surface area contributed by atoms with Crippen LogP contribution in [0, 0.1) is 0 Å². The molecule has 0 amide bonds. The second kappa shape index (κ2) is 16.8. The zero-order valence-electron chi connectivity index (χ0n) is 11.6. The molecule has 0 saturated carbocycles. The Hall–Kier alpha value is -0.600. The summed E-state index contributed by atoms with van der Waals surface area (Å²) in [5.41, 5.74) is 0. The molecule has 0 bridgehead atoms. The Morgan fingerprint density at radius 3 is 1.73 bits per heavy atom. The molecule has 0 unspecified atom stereocenters. The Bertz CT molecular complexity index is 456. The molecule has 0 aromatic carbocycles. The van der Waals surface area contributed by atoms with Crippen molar-refractivity contribution in [1.29, 1.82) is 0 Å². The summed E-state index contributed by atoms with van der Waals surface area (Å²) in [6.45, 7) is 0. The SMILES string of the molecule is C1=C\C=C/C=C\C=C/SSSSSN/N=C\C=C/C=C\C=C/1. The van der Waals surface area contributed by atoms with Crippen molar-refractivity contribution in [2.45, 2.75) is 0 Å². The number of nitrogens with one attached hydrogen (secondary N) is 1. The van der Waals surface area contributed by atoms with Gasteiger partial charge in [-0.1, -0.05) is 83.7 Å². The number of rotatable bonds is 0. The summed E-state index contributed by atoms with van der Waals surface area (Å²) in [5, 5.41) is 6.10. The molecule has 2 nitrogen and oxygen atoms in total. The average Bonchev–Trinajstić information content (AvgIpc) is 2.53.